The highest BCUT2D eigenvalue weighted by atomic mass is 16.6. The molecule has 0 aromatic carbocycles. The summed E-state index contributed by atoms with van der Waals surface area (Å²) in [4.78, 5) is 25.9. The number of likely N-dealkylation sites (tertiary alicyclic amines) is 1. The number of hydrogen-bond acceptors (Lipinski definition) is 4. The Labute approximate surface area is 133 Å². The molecule has 1 N–H and O–H groups in total. The van der Waals surface area contributed by atoms with Crippen molar-refractivity contribution in [3.8, 4) is 0 Å². The number of rotatable bonds is 5. The van der Waals surface area contributed by atoms with E-state index in [0.29, 0.717) is 32.5 Å². The summed E-state index contributed by atoms with van der Waals surface area (Å²) in [6.07, 6.45) is 1.90. The summed E-state index contributed by atoms with van der Waals surface area (Å²) in [5, 5.41) is 3.02. The summed E-state index contributed by atoms with van der Waals surface area (Å²) in [6, 6.07) is 0.0568. The molecule has 2 amide bonds. The highest BCUT2D eigenvalue weighted by Gasteiger charge is 2.30. The van der Waals surface area contributed by atoms with Gasteiger partial charge in [0.05, 0.1) is 12.6 Å². The molecule has 0 radical (unpaired) electrons. The number of nitrogens with one attached hydrogen (secondary N) is 1. The van der Waals surface area contributed by atoms with Gasteiger partial charge in [0.15, 0.2) is 0 Å². The summed E-state index contributed by atoms with van der Waals surface area (Å²) in [5.41, 5.74) is -0.486. The molecule has 0 aromatic rings. The number of carbonyl (C=O) groups excluding carboxylic acids is 2. The second kappa shape index (κ2) is 8.36. The van der Waals surface area contributed by atoms with Crippen molar-refractivity contribution in [1.82, 2.24) is 10.2 Å². The number of methoxy groups -OCH3 is 1. The SMILES string of the molecule is CCC(COC)NC(=O)C1CCN(C(=O)OC(C)(C)C)CC1. The van der Waals surface area contributed by atoms with Crippen LogP contribution in [-0.2, 0) is 14.3 Å². The number of ether oxygens (including phenoxy) is 2. The lowest BCUT2D eigenvalue weighted by atomic mass is 9.95. The maximum atomic E-state index is 12.2. The molecule has 0 saturated carbocycles. The first-order valence-corrected chi connectivity index (χ1v) is 8.04. The van der Waals surface area contributed by atoms with Crippen molar-refractivity contribution in [3.05, 3.63) is 0 Å². The van der Waals surface area contributed by atoms with Crippen molar-refractivity contribution >= 4 is 12.0 Å². The van der Waals surface area contributed by atoms with Crippen molar-refractivity contribution in [2.45, 2.75) is 58.6 Å². The minimum atomic E-state index is -0.486. The van der Waals surface area contributed by atoms with Crippen LogP contribution in [-0.4, -0.2) is 55.3 Å². The van der Waals surface area contributed by atoms with Crippen molar-refractivity contribution in [3.63, 3.8) is 0 Å². The van der Waals surface area contributed by atoms with Gasteiger partial charge in [-0.15, -0.1) is 0 Å². The zero-order valence-corrected chi connectivity index (χ0v) is 14.5. The predicted molar refractivity (Wildman–Crippen MR) is 84.6 cm³/mol. The fraction of sp³-hybridized carbons (Fsp3) is 0.875. The molecule has 1 saturated heterocycles. The Morgan fingerprint density at radius 1 is 1.27 bits per heavy atom. The van der Waals surface area contributed by atoms with Gasteiger partial charge in [-0.25, -0.2) is 4.79 Å². The number of amides is 2. The molecular formula is C16H30N2O4. The Bertz CT molecular complexity index is 371. The first-order chi connectivity index (χ1) is 10.3. The van der Waals surface area contributed by atoms with E-state index in [1.54, 1.807) is 12.0 Å². The van der Waals surface area contributed by atoms with Crippen LogP contribution >= 0.6 is 0 Å². The van der Waals surface area contributed by atoms with Gasteiger partial charge >= 0.3 is 6.09 Å². The fourth-order valence-corrected chi connectivity index (χ4v) is 2.43. The average Bonchev–Trinajstić information content (AvgIpc) is 2.45. The zero-order valence-electron chi connectivity index (χ0n) is 14.5. The Balaban J connectivity index is 2.41. The normalized spacial score (nSPS) is 18.0. The molecule has 0 bridgehead atoms. The van der Waals surface area contributed by atoms with Gasteiger partial charge in [-0.2, -0.15) is 0 Å². The highest BCUT2D eigenvalue weighted by molar-refractivity contribution is 5.79. The minimum absolute atomic E-state index is 0.0374. The molecule has 0 aromatic heterocycles. The van der Waals surface area contributed by atoms with Gasteiger partial charge in [-0.3, -0.25) is 4.79 Å². The van der Waals surface area contributed by atoms with Gasteiger partial charge in [0.1, 0.15) is 5.60 Å². The van der Waals surface area contributed by atoms with Gasteiger partial charge < -0.3 is 19.7 Å². The van der Waals surface area contributed by atoms with E-state index in [2.05, 4.69) is 5.32 Å². The van der Waals surface area contributed by atoms with Gasteiger partial charge in [-0.05, 0) is 40.0 Å². The number of carbonyl (C=O) groups is 2. The van der Waals surface area contributed by atoms with Crippen molar-refractivity contribution in [2.24, 2.45) is 5.92 Å². The largest absolute Gasteiger partial charge is 0.444 e. The van der Waals surface area contributed by atoms with E-state index in [1.165, 1.54) is 0 Å². The molecule has 1 rings (SSSR count). The third-order valence-corrected chi connectivity index (χ3v) is 3.72. The number of piperidine rings is 1. The standard InChI is InChI=1S/C16H30N2O4/c1-6-13(11-21-5)17-14(19)12-7-9-18(10-8-12)15(20)22-16(2,3)4/h12-13H,6-11H2,1-5H3,(H,17,19). The van der Waals surface area contributed by atoms with Crippen LogP contribution in [0.15, 0.2) is 0 Å². The van der Waals surface area contributed by atoms with E-state index in [1.807, 2.05) is 27.7 Å². The second-order valence-electron chi connectivity index (χ2n) is 6.81. The summed E-state index contributed by atoms with van der Waals surface area (Å²) in [7, 11) is 1.63. The lowest BCUT2D eigenvalue weighted by Crippen LogP contribution is -2.47. The molecule has 6 nitrogen and oxygen atoms in total. The van der Waals surface area contributed by atoms with E-state index >= 15 is 0 Å². The third kappa shape index (κ3) is 6.22. The van der Waals surface area contributed by atoms with Gasteiger partial charge in [0, 0.05) is 26.1 Å². The van der Waals surface area contributed by atoms with E-state index in [9.17, 15) is 9.59 Å². The Morgan fingerprint density at radius 3 is 2.32 bits per heavy atom. The van der Waals surface area contributed by atoms with Crippen LogP contribution in [0.3, 0.4) is 0 Å². The first-order valence-electron chi connectivity index (χ1n) is 8.04. The fourth-order valence-electron chi connectivity index (χ4n) is 2.43. The van der Waals surface area contributed by atoms with Crippen LogP contribution < -0.4 is 5.32 Å². The molecule has 1 unspecified atom stereocenters. The van der Waals surface area contributed by atoms with Gasteiger partial charge in [0.25, 0.3) is 0 Å². The Hall–Kier alpha value is -1.30. The molecule has 1 heterocycles. The molecule has 6 heteroatoms. The van der Waals surface area contributed by atoms with Crippen molar-refractivity contribution < 1.29 is 19.1 Å². The number of nitrogens with zero attached hydrogens (tertiary/aromatic N) is 1. The zero-order chi connectivity index (χ0) is 16.8. The molecule has 22 heavy (non-hydrogen) atoms. The third-order valence-electron chi connectivity index (χ3n) is 3.72. The molecular weight excluding hydrogens is 284 g/mol. The van der Waals surface area contributed by atoms with E-state index < -0.39 is 5.60 Å². The van der Waals surface area contributed by atoms with Gasteiger partial charge in [0.2, 0.25) is 5.91 Å². The van der Waals surface area contributed by atoms with Crippen LogP contribution in [0.5, 0.6) is 0 Å². The molecule has 1 aliphatic rings. The quantitative estimate of drug-likeness (QED) is 0.844. The van der Waals surface area contributed by atoms with E-state index in [0.717, 1.165) is 6.42 Å². The van der Waals surface area contributed by atoms with E-state index in [-0.39, 0.29) is 24.0 Å². The van der Waals surface area contributed by atoms with Crippen LogP contribution in [0, 0.1) is 5.92 Å². The van der Waals surface area contributed by atoms with Crippen molar-refractivity contribution in [2.75, 3.05) is 26.8 Å². The van der Waals surface area contributed by atoms with Crippen LogP contribution in [0.25, 0.3) is 0 Å². The van der Waals surface area contributed by atoms with E-state index in [4.69, 9.17) is 9.47 Å². The molecule has 1 atom stereocenters. The Kier molecular flexibility index (Phi) is 7.13. The van der Waals surface area contributed by atoms with Crippen LogP contribution in [0.2, 0.25) is 0 Å². The first kappa shape index (κ1) is 18.7. The summed E-state index contributed by atoms with van der Waals surface area (Å²) < 4.78 is 10.5. The highest BCUT2D eigenvalue weighted by Crippen LogP contribution is 2.20. The lowest BCUT2D eigenvalue weighted by Gasteiger charge is -2.33. The lowest BCUT2D eigenvalue weighted by molar-refractivity contribution is -0.127. The molecule has 1 aliphatic heterocycles. The molecule has 0 aliphatic carbocycles. The monoisotopic (exact) mass is 314 g/mol. The minimum Gasteiger partial charge on any atom is -0.444 e. The smallest absolute Gasteiger partial charge is 0.410 e. The van der Waals surface area contributed by atoms with Crippen LogP contribution in [0.1, 0.15) is 47.0 Å². The second-order valence-corrected chi connectivity index (χ2v) is 6.81. The summed E-state index contributed by atoms with van der Waals surface area (Å²) in [5.74, 6) is 0.0253. The van der Waals surface area contributed by atoms with Crippen LogP contribution in [0.4, 0.5) is 4.79 Å². The summed E-state index contributed by atoms with van der Waals surface area (Å²) in [6.45, 7) is 9.24. The molecule has 1 fully saturated rings. The maximum absolute atomic E-state index is 12.2. The molecule has 0 spiro atoms. The predicted octanol–water partition coefficient (Wildman–Crippen LogP) is 2.17. The topological polar surface area (TPSA) is 67.9 Å². The van der Waals surface area contributed by atoms with Crippen molar-refractivity contribution in [1.29, 1.82) is 0 Å². The maximum Gasteiger partial charge on any atom is 0.410 e. The average molecular weight is 314 g/mol. The summed E-state index contributed by atoms with van der Waals surface area (Å²) >= 11 is 0. The Morgan fingerprint density at radius 2 is 1.86 bits per heavy atom. The number of hydrogen-bond donors (Lipinski definition) is 1. The molecule has 128 valence electrons. The van der Waals surface area contributed by atoms with Gasteiger partial charge in [-0.1, -0.05) is 6.92 Å².